The molecule has 1 heterocycles. The number of benzene rings is 2. The lowest BCUT2D eigenvalue weighted by atomic mass is 10.1. The summed E-state index contributed by atoms with van der Waals surface area (Å²) in [7, 11) is -9.90. The molecule has 0 atom stereocenters. The van der Waals surface area contributed by atoms with Gasteiger partial charge >= 0.3 is 0 Å². The first kappa shape index (κ1) is 40.9. The van der Waals surface area contributed by atoms with Crippen LogP contribution >= 0.6 is 24.1 Å². The van der Waals surface area contributed by atoms with E-state index in [1.54, 1.807) is 0 Å². The number of anilines is 2. The van der Waals surface area contributed by atoms with Crippen molar-refractivity contribution in [1.82, 2.24) is 0 Å². The fourth-order valence-corrected chi connectivity index (χ4v) is 5.89. The highest BCUT2D eigenvalue weighted by Gasteiger charge is 2.34. The molecule has 0 aliphatic carbocycles. The Kier molecular flexibility index (Phi) is 14.1. The second kappa shape index (κ2) is 17.6. The molecule has 1 aliphatic heterocycles. The van der Waals surface area contributed by atoms with Gasteiger partial charge in [-0.1, -0.05) is 28.3 Å². The van der Waals surface area contributed by atoms with Crippen LogP contribution in [-0.4, -0.2) is 70.5 Å². The van der Waals surface area contributed by atoms with Crippen LogP contribution in [0.3, 0.4) is 0 Å². The first-order valence-corrected chi connectivity index (χ1v) is 17.6. The lowest BCUT2D eigenvalue weighted by Gasteiger charge is -2.16. The van der Waals surface area contributed by atoms with Gasteiger partial charge in [0.1, 0.15) is 16.3 Å². The van der Waals surface area contributed by atoms with Crippen LogP contribution < -0.4 is 10.3 Å². The SMILES string of the molecule is CC(=O)C(=N)C(/C=C/C=C/C=C1\C(=O)N(c2cc(SOOO)ccc2SOOO)N=C1C(C)=O)=C(/O)Nc1cc(S(=O)(=O)O)ccc1S(=O)(=O)O. The molecule has 0 bridgehead atoms. The van der Waals surface area contributed by atoms with Gasteiger partial charge < -0.3 is 10.4 Å². The molecular weight excluding hydrogens is 765 g/mol. The number of rotatable bonds is 17. The number of aliphatic hydroxyl groups excluding tert-OH is 1. The molecule has 0 saturated carbocycles. The summed E-state index contributed by atoms with van der Waals surface area (Å²) in [6, 6.07) is 6.03. The maximum Gasteiger partial charge on any atom is 0.296 e. The number of hydrogen-bond acceptors (Lipinski definition) is 19. The van der Waals surface area contributed by atoms with E-state index in [-0.39, 0.29) is 26.8 Å². The summed E-state index contributed by atoms with van der Waals surface area (Å²) in [4.78, 5) is 36.5. The highest BCUT2D eigenvalue weighted by atomic mass is 32.2. The lowest BCUT2D eigenvalue weighted by molar-refractivity contribution is -0.432. The molecule has 0 spiro atoms. The Morgan fingerprint density at radius 1 is 0.941 bits per heavy atom. The zero-order valence-corrected chi connectivity index (χ0v) is 28.9. The van der Waals surface area contributed by atoms with E-state index >= 15 is 0 Å². The minimum absolute atomic E-state index is 0.0133. The molecule has 1 amide bonds. The molecule has 7 N–H and O–H groups in total. The zero-order valence-electron chi connectivity index (χ0n) is 25.6. The summed E-state index contributed by atoms with van der Waals surface area (Å²) in [6.45, 7) is 2.12. The molecule has 0 radical (unpaired) electrons. The van der Waals surface area contributed by atoms with Crippen LogP contribution in [0.4, 0.5) is 11.4 Å². The van der Waals surface area contributed by atoms with Crippen LogP contribution in [0.2, 0.25) is 0 Å². The van der Waals surface area contributed by atoms with Crippen LogP contribution in [0.15, 0.2) is 108 Å². The maximum atomic E-state index is 13.4. The second-order valence-electron chi connectivity index (χ2n) is 9.45. The molecular formula is C27H24N4O16S4. The fraction of sp³-hybridized carbons (Fsp3) is 0.0741. The van der Waals surface area contributed by atoms with Crippen molar-refractivity contribution in [3.05, 3.63) is 83.8 Å². The largest absolute Gasteiger partial charge is 0.494 e. The molecule has 272 valence electrons. The third-order valence-corrected chi connectivity index (χ3v) is 9.08. The molecule has 0 fully saturated rings. The fourth-order valence-electron chi connectivity index (χ4n) is 3.90. The minimum atomic E-state index is -5.02. The van der Waals surface area contributed by atoms with E-state index in [2.05, 4.69) is 29.2 Å². The van der Waals surface area contributed by atoms with Crippen LogP contribution in [-0.2, 0) is 53.4 Å². The number of allylic oxidation sites excluding steroid dienone is 6. The highest BCUT2D eigenvalue weighted by molar-refractivity contribution is 7.95. The number of amides is 1. The monoisotopic (exact) mass is 788 g/mol. The van der Waals surface area contributed by atoms with Gasteiger partial charge in [0.05, 0.1) is 56.4 Å². The number of hydrogen-bond donors (Lipinski definition) is 7. The smallest absolute Gasteiger partial charge is 0.296 e. The highest BCUT2D eigenvalue weighted by Crippen LogP contribution is 2.37. The van der Waals surface area contributed by atoms with Crippen molar-refractivity contribution < 1.29 is 74.7 Å². The standard InChI is InChI=1S/C27H24N4O16S4/c1-14(32)24(28)18(26(34)29-20-13-17(50(38,39)40)9-11-23(20)51(41,42)43)6-4-3-5-7-19-25(15(2)33)30-31(27(19)35)21-12-16(48-46-44-36)8-10-22(21)49-47-45-37/h3-13,28-29,34,36-37H,1-2H3,(H,38,39,40)(H,41,42,43)/b5-3+,6-4+,19-7-,26-18+,28-24?. The van der Waals surface area contributed by atoms with E-state index in [4.69, 9.17) is 15.9 Å². The van der Waals surface area contributed by atoms with E-state index in [1.807, 2.05) is 0 Å². The van der Waals surface area contributed by atoms with Crippen molar-refractivity contribution in [3.8, 4) is 0 Å². The molecule has 0 aromatic heterocycles. The predicted octanol–water partition coefficient (Wildman–Crippen LogP) is 3.86. The molecule has 1 aliphatic rings. The summed E-state index contributed by atoms with van der Waals surface area (Å²) < 4.78 is 74.6. The number of carbonyl (C=O) groups is 3. The molecule has 0 unspecified atom stereocenters. The molecule has 24 heteroatoms. The van der Waals surface area contributed by atoms with Gasteiger partial charge in [-0.25, -0.2) is 10.5 Å². The lowest BCUT2D eigenvalue weighted by Crippen LogP contribution is -2.22. The van der Waals surface area contributed by atoms with E-state index in [1.165, 1.54) is 36.4 Å². The summed E-state index contributed by atoms with van der Waals surface area (Å²) in [5.74, 6) is -3.36. The Morgan fingerprint density at radius 2 is 1.61 bits per heavy atom. The van der Waals surface area contributed by atoms with Crippen LogP contribution in [0.5, 0.6) is 0 Å². The van der Waals surface area contributed by atoms with E-state index in [9.17, 15) is 45.4 Å². The molecule has 2 aromatic rings. The predicted molar refractivity (Wildman–Crippen MR) is 177 cm³/mol. The summed E-state index contributed by atoms with van der Waals surface area (Å²) in [5.41, 5.74) is -2.58. The normalized spacial score (nSPS) is 15.1. The number of Topliss-reactive ketones (excluding diaryl/α,β-unsaturated/α-hetero) is 2. The first-order chi connectivity index (χ1) is 23.9. The van der Waals surface area contributed by atoms with Gasteiger partial charge in [-0.3, -0.25) is 28.9 Å². The number of aliphatic hydroxyl groups is 1. The van der Waals surface area contributed by atoms with Gasteiger partial charge in [0.25, 0.3) is 26.1 Å². The van der Waals surface area contributed by atoms with Crippen molar-refractivity contribution in [3.63, 3.8) is 0 Å². The molecule has 51 heavy (non-hydrogen) atoms. The molecule has 0 saturated heterocycles. The Morgan fingerprint density at radius 3 is 2.20 bits per heavy atom. The van der Waals surface area contributed by atoms with Crippen molar-refractivity contribution in [2.24, 2.45) is 5.10 Å². The molecule has 3 rings (SSSR count). The third-order valence-electron chi connectivity index (χ3n) is 6.09. The maximum absolute atomic E-state index is 13.4. The number of hydrazone groups is 1. The van der Waals surface area contributed by atoms with E-state index < -0.39 is 70.4 Å². The van der Waals surface area contributed by atoms with Crippen molar-refractivity contribution in [2.75, 3.05) is 10.3 Å². The van der Waals surface area contributed by atoms with E-state index in [0.29, 0.717) is 42.3 Å². The Labute approximate surface area is 296 Å². The Bertz CT molecular complexity index is 2130. The topological polar surface area (TPSA) is 309 Å². The van der Waals surface area contributed by atoms with Gasteiger partial charge in [0.2, 0.25) is 0 Å². The first-order valence-electron chi connectivity index (χ1n) is 13.2. The average molecular weight is 789 g/mol. The summed E-state index contributed by atoms with van der Waals surface area (Å²) >= 11 is 1.01. The van der Waals surface area contributed by atoms with Crippen molar-refractivity contribution in [1.29, 1.82) is 5.41 Å². The number of nitrogens with zero attached hydrogens (tertiary/aromatic N) is 2. The van der Waals surface area contributed by atoms with Gasteiger partial charge in [-0.2, -0.15) is 26.9 Å². The summed E-state index contributed by atoms with van der Waals surface area (Å²) in [6.07, 6.45) is 5.82. The number of ketones is 2. The average Bonchev–Trinajstić information content (AvgIpc) is 3.38. The Hall–Kier alpha value is -4.57. The van der Waals surface area contributed by atoms with E-state index in [0.717, 1.165) is 31.0 Å². The molecule has 2 aromatic carbocycles. The van der Waals surface area contributed by atoms with Crippen LogP contribution in [0.1, 0.15) is 13.8 Å². The summed E-state index contributed by atoms with van der Waals surface area (Å²) in [5, 5.41) is 50.1. The van der Waals surface area contributed by atoms with Crippen molar-refractivity contribution >= 4 is 84.6 Å². The van der Waals surface area contributed by atoms with Crippen LogP contribution in [0.25, 0.3) is 0 Å². The Balaban J connectivity index is 2.00. The second-order valence-corrected chi connectivity index (χ2v) is 13.8. The number of carbonyl (C=O) groups excluding carboxylic acids is 3. The zero-order chi connectivity index (χ0) is 38.1. The quantitative estimate of drug-likeness (QED) is 0.0175. The minimum Gasteiger partial charge on any atom is -0.494 e. The number of nitrogens with one attached hydrogen (secondary N) is 2. The van der Waals surface area contributed by atoms with Crippen LogP contribution in [0, 0.1) is 5.41 Å². The van der Waals surface area contributed by atoms with Gasteiger partial charge in [0, 0.05) is 18.7 Å². The van der Waals surface area contributed by atoms with Crippen molar-refractivity contribution in [2.45, 2.75) is 33.4 Å². The van der Waals surface area contributed by atoms with Gasteiger partial charge in [-0.05, 0) is 48.6 Å². The van der Waals surface area contributed by atoms with Gasteiger partial charge in [0.15, 0.2) is 17.4 Å². The molecule has 20 nitrogen and oxygen atoms in total. The third kappa shape index (κ3) is 10.7. The van der Waals surface area contributed by atoms with Gasteiger partial charge in [-0.15, -0.1) is 8.67 Å².